The molecule has 172 valence electrons. The lowest BCUT2D eigenvalue weighted by molar-refractivity contribution is -0.202. The molecule has 0 amide bonds. The highest BCUT2D eigenvalue weighted by atomic mass is 32.2. The van der Waals surface area contributed by atoms with Gasteiger partial charge in [-0.3, -0.25) is 0 Å². The standard InChI is InChI=1S/C26H34N2O3S/c1-6-31-26(29)28-12-11-20-21-15-19(32-5)8-9-22(21)27-24(20)25(28)17-7-10-23(30-4)18(14-17)13-16(2)3/h7-10,14-16,25-27,29H,6,11-13H2,1-5H3. The fourth-order valence-electron chi connectivity index (χ4n) is 4.82. The third-order valence-corrected chi connectivity index (χ3v) is 6.94. The second-order valence-corrected chi connectivity index (χ2v) is 9.65. The van der Waals surface area contributed by atoms with Crippen LogP contribution in [-0.2, 0) is 17.6 Å². The van der Waals surface area contributed by atoms with Gasteiger partial charge in [-0.05, 0) is 72.9 Å². The van der Waals surface area contributed by atoms with Gasteiger partial charge in [0.05, 0.1) is 13.2 Å². The summed E-state index contributed by atoms with van der Waals surface area (Å²) in [5.41, 5.74) is 5.95. The normalized spacial score (nSPS) is 17.7. The lowest BCUT2D eigenvalue weighted by atomic mass is 9.90. The summed E-state index contributed by atoms with van der Waals surface area (Å²) in [6.45, 7) is 7.53. The largest absolute Gasteiger partial charge is 0.496 e. The van der Waals surface area contributed by atoms with Crippen molar-refractivity contribution in [1.29, 1.82) is 0 Å². The monoisotopic (exact) mass is 454 g/mol. The Kier molecular flexibility index (Phi) is 7.15. The van der Waals surface area contributed by atoms with Crippen LogP contribution in [0.15, 0.2) is 41.3 Å². The number of hydrogen-bond acceptors (Lipinski definition) is 5. The summed E-state index contributed by atoms with van der Waals surface area (Å²) in [5.74, 6) is 1.43. The first-order chi connectivity index (χ1) is 15.5. The Bertz CT molecular complexity index is 1080. The number of benzene rings is 2. The molecule has 1 aliphatic rings. The smallest absolute Gasteiger partial charge is 0.216 e. The van der Waals surface area contributed by atoms with Crippen LogP contribution < -0.4 is 4.74 Å². The number of hydrogen-bond donors (Lipinski definition) is 2. The van der Waals surface area contributed by atoms with Crippen LogP contribution >= 0.6 is 11.8 Å². The second kappa shape index (κ2) is 9.87. The summed E-state index contributed by atoms with van der Waals surface area (Å²) in [6.07, 6.45) is 2.95. The van der Waals surface area contributed by atoms with Gasteiger partial charge in [0.25, 0.3) is 0 Å². The molecular formula is C26H34N2O3S. The predicted molar refractivity (Wildman–Crippen MR) is 132 cm³/mol. The maximum atomic E-state index is 10.9. The van der Waals surface area contributed by atoms with Crippen LogP contribution in [0.25, 0.3) is 10.9 Å². The van der Waals surface area contributed by atoms with E-state index in [1.165, 1.54) is 21.4 Å². The van der Waals surface area contributed by atoms with Crippen molar-refractivity contribution < 1.29 is 14.6 Å². The Labute approximate surface area is 195 Å². The van der Waals surface area contributed by atoms with Gasteiger partial charge < -0.3 is 19.6 Å². The summed E-state index contributed by atoms with van der Waals surface area (Å²) in [6, 6.07) is 12.9. The summed E-state index contributed by atoms with van der Waals surface area (Å²) in [4.78, 5) is 7.00. The topological polar surface area (TPSA) is 57.7 Å². The van der Waals surface area contributed by atoms with Crippen LogP contribution in [0, 0.1) is 5.92 Å². The van der Waals surface area contributed by atoms with Crippen molar-refractivity contribution in [3.63, 3.8) is 0 Å². The van der Waals surface area contributed by atoms with Gasteiger partial charge in [-0.2, -0.15) is 0 Å². The maximum Gasteiger partial charge on any atom is 0.216 e. The van der Waals surface area contributed by atoms with E-state index in [0.29, 0.717) is 12.5 Å². The number of thioether (sulfide) groups is 1. The summed E-state index contributed by atoms with van der Waals surface area (Å²) >= 11 is 1.76. The van der Waals surface area contributed by atoms with Crippen molar-refractivity contribution in [2.45, 2.75) is 51.0 Å². The highest BCUT2D eigenvalue weighted by Gasteiger charge is 2.36. The third kappa shape index (κ3) is 4.42. The molecule has 2 unspecified atom stereocenters. The van der Waals surface area contributed by atoms with Crippen LogP contribution in [0.3, 0.4) is 0 Å². The van der Waals surface area contributed by atoms with Crippen molar-refractivity contribution in [3.05, 3.63) is 58.8 Å². The minimum atomic E-state index is -0.957. The first kappa shape index (κ1) is 23.2. The molecule has 0 bridgehead atoms. The number of fused-ring (bicyclic) bond motifs is 3. The van der Waals surface area contributed by atoms with E-state index >= 15 is 0 Å². The summed E-state index contributed by atoms with van der Waals surface area (Å²) in [5, 5.41) is 12.1. The van der Waals surface area contributed by atoms with E-state index in [4.69, 9.17) is 9.47 Å². The third-order valence-electron chi connectivity index (χ3n) is 6.22. The van der Waals surface area contributed by atoms with E-state index in [2.05, 4.69) is 66.4 Å². The quantitative estimate of drug-likeness (QED) is 0.355. The molecule has 0 aliphatic carbocycles. The van der Waals surface area contributed by atoms with Gasteiger partial charge in [0.15, 0.2) is 0 Å². The fraction of sp³-hybridized carbons (Fsp3) is 0.462. The Hall–Kier alpha value is -1.99. The SMILES string of the molecule is CCOC(O)N1CCc2c([nH]c3ccc(SC)cc23)C1c1ccc(OC)c(CC(C)C)c1. The molecular weight excluding hydrogens is 420 g/mol. The molecule has 32 heavy (non-hydrogen) atoms. The molecule has 2 heterocycles. The molecule has 0 saturated heterocycles. The van der Waals surface area contributed by atoms with E-state index in [1.807, 2.05) is 6.92 Å². The molecule has 1 aliphatic heterocycles. The second-order valence-electron chi connectivity index (χ2n) is 8.77. The minimum Gasteiger partial charge on any atom is -0.496 e. The molecule has 3 aromatic rings. The molecule has 2 N–H and O–H groups in total. The van der Waals surface area contributed by atoms with Crippen molar-refractivity contribution in [2.24, 2.45) is 5.92 Å². The van der Waals surface area contributed by atoms with E-state index in [0.717, 1.165) is 41.9 Å². The number of aliphatic hydroxyl groups excluding tert-OH is 1. The van der Waals surface area contributed by atoms with Gasteiger partial charge in [-0.15, -0.1) is 11.8 Å². The Balaban J connectivity index is 1.86. The Morgan fingerprint density at radius 3 is 2.72 bits per heavy atom. The molecule has 0 saturated carbocycles. The van der Waals surface area contributed by atoms with Crippen molar-refractivity contribution in [3.8, 4) is 5.75 Å². The highest BCUT2D eigenvalue weighted by molar-refractivity contribution is 7.98. The first-order valence-corrected chi connectivity index (χ1v) is 12.6. The van der Waals surface area contributed by atoms with Crippen LogP contribution in [-0.4, -0.2) is 47.9 Å². The zero-order valence-electron chi connectivity index (χ0n) is 19.6. The number of nitrogens with zero attached hydrogens (tertiary/aromatic N) is 1. The zero-order chi connectivity index (χ0) is 22.8. The van der Waals surface area contributed by atoms with Gasteiger partial charge >= 0.3 is 0 Å². The molecule has 0 fully saturated rings. The Morgan fingerprint density at radius 1 is 1.22 bits per heavy atom. The van der Waals surface area contributed by atoms with Crippen LogP contribution in [0.4, 0.5) is 0 Å². The van der Waals surface area contributed by atoms with Crippen LogP contribution in [0.2, 0.25) is 0 Å². The van der Waals surface area contributed by atoms with Crippen molar-refractivity contribution in [1.82, 2.24) is 9.88 Å². The first-order valence-electron chi connectivity index (χ1n) is 11.4. The molecule has 2 aromatic carbocycles. The maximum absolute atomic E-state index is 10.9. The number of rotatable bonds is 8. The van der Waals surface area contributed by atoms with E-state index in [1.54, 1.807) is 18.9 Å². The molecule has 1 aromatic heterocycles. The van der Waals surface area contributed by atoms with Gasteiger partial charge in [0.2, 0.25) is 6.41 Å². The van der Waals surface area contributed by atoms with Crippen molar-refractivity contribution in [2.75, 3.05) is 26.5 Å². The fourth-order valence-corrected chi connectivity index (χ4v) is 5.26. The minimum absolute atomic E-state index is 0.123. The van der Waals surface area contributed by atoms with Crippen LogP contribution in [0.1, 0.15) is 49.2 Å². The Morgan fingerprint density at radius 2 is 2.03 bits per heavy atom. The average Bonchev–Trinajstić information content (AvgIpc) is 3.16. The van der Waals surface area contributed by atoms with Gasteiger partial charge in [0, 0.05) is 34.6 Å². The molecule has 5 nitrogen and oxygen atoms in total. The summed E-state index contributed by atoms with van der Waals surface area (Å²) < 4.78 is 11.3. The van der Waals surface area contributed by atoms with Gasteiger partial charge in [0.1, 0.15) is 5.75 Å². The van der Waals surface area contributed by atoms with Crippen LogP contribution in [0.5, 0.6) is 5.75 Å². The number of H-pyrrole nitrogens is 1. The molecule has 2 atom stereocenters. The number of aliphatic hydroxyl groups is 1. The highest BCUT2D eigenvalue weighted by Crippen LogP contribution is 2.41. The van der Waals surface area contributed by atoms with Crippen molar-refractivity contribution >= 4 is 22.7 Å². The molecule has 6 heteroatoms. The molecule has 0 spiro atoms. The summed E-state index contributed by atoms with van der Waals surface area (Å²) in [7, 11) is 1.73. The number of aromatic amines is 1. The molecule has 0 radical (unpaired) electrons. The van der Waals surface area contributed by atoms with E-state index in [-0.39, 0.29) is 6.04 Å². The number of nitrogens with one attached hydrogen (secondary N) is 1. The number of methoxy groups -OCH3 is 1. The lowest BCUT2D eigenvalue weighted by Crippen LogP contribution is -2.44. The zero-order valence-corrected chi connectivity index (χ0v) is 20.5. The van der Waals surface area contributed by atoms with E-state index in [9.17, 15) is 5.11 Å². The molecule has 4 rings (SSSR count). The van der Waals surface area contributed by atoms with Gasteiger partial charge in [-0.1, -0.05) is 26.0 Å². The van der Waals surface area contributed by atoms with Gasteiger partial charge in [-0.25, -0.2) is 4.90 Å². The predicted octanol–water partition coefficient (Wildman–Crippen LogP) is 5.36. The number of ether oxygens (including phenoxy) is 2. The number of aromatic nitrogens is 1. The van der Waals surface area contributed by atoms with E-state index < -0.39 is 6.41 Å². The average molecular weight is 455 g/mol. The lowest BCUT2D eigenvalue weighted by Gasteiger charge is -2.38.